The van der Waals surface area contributed by atoms with E-state index >= 15 is 0 Å². The molecule has 0 aliphatic heterocycles. The molecule has 1 aromatic carbocycles. The largest absolute Gasteiger partial charge is 0.506 e. The minimum atomic E-state index is -1.06. The Hall–Kier alpha value is -0.580. The molecule has 2 atom stereocenters. The summed E-state index contributed by atoms with van der Waals surface area (Å²) in [7, 11) is 0. The van der Waals surface area contributed by atoms with E-state index in [0.29, 0.717) is 10.9 Å². The molecular formula is C15H23BrO3. The zero-order chi connectivity index (χ0) is 14.8. The number of aryl methyl sites for hydroxylation is 1. The van der Waals surface area contributed by atoms with Gasteiger partial charge < -0.3 is 15.3 Å². The average Bonchev–Trinajstić information content (AvgIpc) is 2.30. The summed E-state index contributed by atoms with van der Waals surface area (Å²) in [6.07, 6.45) is 0.598. The van der Waals surface area contributed by atoms with Gasteiger partial charge in [-0.3, -0.25) is 0 Å². The van der Waals surface area contributed by atoms with Crippen LogP contribution in [-0.4, -0.2) is 27.0 Å². The average molecular weight is 331 g/mol. The smallest absolute Gasteiger partial charge is 0.132 e. The van der Waals surface area contributed by atoms with Gasteiger partial charge in [-0.15, -0.1) is 0 Å². The topological polar surface area (TPSA) is 60.7 Å². The molecule has 4 heteroatoms. The maximum atomic E-state index is 9.84. The summed E-state index contributed by atoms with van der Waals surface area (Å²) in [5.41, 5.74) is 0.884. The van der Waals surface area contributed by atoms with Gasteiger partial charge in [0.1, 0.15) is 5.75 Å². The van der Waals surface area contributed by atoms with Crippen LogP contribution in [0.1, 0.15) is 50.7 Å². The van der Waals surface area contributed by atoms with E-state index in [0.717, 1.165) is 17.5 Å². The number of phenolic OH excluding ortho intramolecular Hbond substituents is 1. The SMILES string of the molecule is Cc1cc(C(C)CCC(O)C(C)(C)O)cc(Br)c1O. The molecule has 0 fully saturated rings. The van der Waals surface area contributed by atoms with Crippen molar-refractivity contribution in [3.63, 3.8) is 0 Å². The zero-order valence-corrected chi connectivity index (χ0v) is 13.5. The highest BCUT2D eigenvalue weighted by molar-refractivity contribution is 9.10. The number of phenols is 1. The molecule has 3 N–H and O–H groups in total. The lowest BCUT2D eigenvalue weighted by Crippen LogP contribution is -2.35. The third kappa shape index (κ3) is 4.48. The summed E-state index contributed by atoms with van der Waals surface area (Å²) in [5, 5.41) is 29.3. The van der Waals surface area contributed by atoms with E-state index in [4.69, 9.17) is 0 Å². The summed E-state index contributed by atoms with van der Waals surface area (Å²) in [4.78, 5) is 0. The predicted octanol–water partition coefficient (Wildman–Crippen LogP) is 3.48. The normalized spacial score (nSPS) is 15.3. The third-order valence-corrected chi connectivity index (χ3v) is 4.14. The van der Waals surface area contributed by atoms with Crippen molar-refractivity contribution in [1.29, 1.82) is 0 Å². The number of aromatic hydroxyl groups is 1. The number of hydrogen-bond donors (Lipinski definition) is 3. The van der Waals surface area contributed by atoms with Crippen molar-refractivity contribution >= 4 is 15.9 Å². The summed E-state index contributed by atoms with van der Waals surface area (Å²) < 4.78 is 0.692. The second-order valence-electron chi connectivity index (χ2n) is 5.82. The van der Waals surface area contributed by atoms with Gasteiger partial charge in [0.2, 0.25) is 0 Å². The molecule has 0 aromatic heterocycles. The standard InChI is InChI=1S/C15H23BrO3/c1-9(5-6-13(17)15(3,4)19)11-7-10(2)14(18)12(16)8-11/h7-9,13,17-19H,5-6H2,1-4H3. The van der Waals surface area contributed by atoms with Crippen LogP contribution in [0, 0.1) is 6.92 Å². The van der Waals surface area contributed by atoms with E-state index in [2.05, 4.69) is 22.9 Å². The van der Waals surface area contributed by atoms with Crippen molar-refractivity contribution in [3.05, 3.63) is 27.7 Å². The summed E-state index contributed by atoms with van der Waals surface area (Å²) in [6.45, 7) is 7.17. The number of benzene rings is 1. The number of halogens is 1. The van der Waals surface area contributed by atoms with Crippen LogP contribution >= 0.6 is 15.9 Å². The minimum Gasteiger partial charge on any atom is -0.506 e. The number of aliphatic hydroxyl groups excluding tert-OH is 1. The highest BCUT2D eigenvalue weighted by Crippen LogP contribution is 2.33. The van der Waals surface area contributed by atoms with Gasteiger partial charge in [0.25, 0.3) is 0 Å². The molecule has 1 aromatic rings. The Labute approximate surface area is 123 Å². The lowest BCUT2D eigenvalue weighted by molar-refractivity contribution is -0.0525. The summed E-state index contributed by atoms with van der Waals surface area (Å²) >= 11 is 3.34. The van der Waals surface area contributed by atoms with Crippen molar-refractivity contribution in [3.8, 4) is 5.75 Å². The highest BCUT2D eigenvalue weighted by Gasteiger charge is 2.24. The Morgan fingerprint density at radius 3 is 2.32 bits per heavy atom. The van der Waals surface area contributed by atoms with E-state index in [1.807, 2.05) is 19.1 Å². The first-order valence-electron chi connectivity index (χ1n) is 6.52. The lowest BCUT2D eigenvalue weighted by atomic mass is 9.90. The van der Waals surface area contributed by atoms with Crippen LogP contribution in [-0.2, 0) is 0 Å². The van der Waals surface area contributed by atoms with E-state index in [1.165, 1.54) is 0 Å². The molecule has 108 valence electrons. The van der Waals surface area contributed by atoms with Gasteiger partial charge in [-0.1, -0.05) is 13.0 Å². The predicted molar refractivity (Wildman–Crippen MR) is 80.5 cm³/mol. The Bertz CT molecular complexity index is 415. The molecular weight excluding hydrogens is 308 g/mol. The Balaban J connectivity index is 2.72. The molecule has 19 heavy (non-hydrogen) atoms. The van der Waals surface area contributed by atoms with Crippen molar-refractivity contribution in [2.45, 2.75) is 58.2 Å². The highest BCUT2D eigenvalue weighted by atomic mass is 79.9. The summed E-state index contributed by atoms with van der Waals surface area (Å²) in [5.74, 6) is 0.528. The molecule has 2 unspecified atom stereocenters. The van der Waals surface area contributed by atoms with Gasteiger partial charge in [0.15, 0.2) is 0 Å². The van der Waals surface area contributed by atoms with Crippen LogP contribution in [0.25, 0.3) is 0 Å². The van der Waals surface area contributed by atoms with E-state index < -0.39 is 11.7 Å². The Kier molecular flexibility index (Phi) is 5.42. The van der Waals surface area contributed by atoms with E-state index in [-0.39, 0.29) is 11.7 Å². The molecule has 3 nitrogen and oxygen atoms in total. The second-order valence-corrected chi connectivity index (χ2v) is 6.67. The molecule has 0 amide bonds. The van der Waals surface area contributed by atoms with Gasteiger partial charge in [-0.05, 0) is 72.7 Å². The first kappa shape index (κ1) is 16.5. The number of rotatable bonds is 5. The van der Waals surface area contributed by atoms with Crippen LogP contribution in [0.4, 0.5) is 0 Å². The Morgan fingerprint density at radius 1 is 1.26 bits per heavy atom. The minimum absolute atomic E-state index is 0.257. The number of hydrogen-bond acceptors (Lipinski definition) is 3. The monoisotopic (exact) mass is 330 g/mol. The van der Waals surface area contributed by atoms with Crippen LogP contribution in [0.3, 0.4) is 0 Å². The molecule has 0 aliphatic rings. The second kappa shape index (κ2) is 6.25. The fourth-order valence-corrected chi connectivity index (χ4v) is 2.55. The van der Waals surface area contributed by atoms with Crippen LogP contribution in [0.2, 0.25) is 0 Å². The van der Waals surface area contributed by atoms with E-state index in [1.54, 1.807) is 13.8 Å². The fourth-order valence-electron chi connectivity index (χ4n) is 1.98. The van der Waals surface area contributed by atoms with Gasteiger partial charge in [-0.25, -0.2) is 0 Å². The van der Waals surface area contributed by atoms with Crippen LogP contribution < -0.4 is 0 Å². The number of aliphatic hydroxyl groups is 2. The summed E-state index contributed by atoms with van der Waals surface area (Å²) in [6, 6.07) is 3.87. The van der Waals surface area contributed by atoms with Gasteiger partial charge in [-0.2, -0.15) is 0 Å². The van der Waals surface area contributed by atoms with Crippen molar-refractivity contribution < 1.29 is 15.3 Å². The fraction of sp³-hybridized carbons (Fsp3) is 0.600. The van der Waals surface area contributed by atoms with Crippen molar-refractivity contribution in [2.75, 3.05) is 0 Å². The van der Waals surface area contributed by atoms with Gasteiger partial charge >= 0.3 is 0 Å². The first-order chi connectivity index (χ1) is 8.62. The maximum Gasteiger partial charge on any atom is 0.132 e. The molecule has 0 saturated heterocycles. The quantitative estimate of drug-likeness (QED) is 0.774. The van der Waals surface area contributed by atoms with Crippen LogP contribution in [0.5, 0.6) is 5.75 Å². The first-order valence-corrected chi connectivity index (χ1v) is 7.31. The van der Waals surface area contributed by atoms with E-state index in [9.17, 15) is 15.3 Å². The molecule has 0 radical (unpaired) electrons. The molecule has 0 heterocycles. The van der Waals surface area contributed by atoms with Crippen molar-refractivity contribution in [1.82, 2.24) is 0 Å². The molecule has 0 aliphatic carbocycles. The zero-order valence-electron chi connectivity index (χ0n) is 11.9. The Morgan fingerprint density at radius 2 is 1.84 bits per heavy atom. The molecule has 0 spiro atoms. The molecule has 1 rings (SSSR count). The van der Waals surface area contributed by atoms with Gasteiger partial charge in [0, 0.05) is 0 Å². The van der Waals surface area contributed by atoms with Crippen LogP contribution in [0.15, 0.2) is 16.6 Å². The van der Waals surface area contributed by atoms with Crippen molar-refractivity contribution in [2.24, 2.45) is 0 Å². The van der Waals surface area contributed by atoms with Gasteiger partial charge in [0.05, 0.1) is 16.2 Å². The molecule has 0 saturated carbocycles. The third-order valence-electron chi connectivity index (χ3n) is 3.53. The maximum absolute atomic E-state index is 9.84. The molecule has 0 bridgehead atoms. The lowest BCUT2D eigenvalue weighted by Gasteiger charge is -2.25.